The molecule has 0 bridgehead atoms. The Morgan fingerprint density at radius 3 is 2.36 bits per heavy atom. The zero-order chi connectivity index (χ0) is 8.69. The first-order valence-corrected chi connectivity index (χ1v) is 3.26. The molecule has 60 valence electrons. The second-order valence-electron chi connectivity index (χ2n) is 1.92. The molecule has 0 radical (unpaired) electrons. The molecule has 0 aliphatic heterocycles. The normalized spacial score (nSPS) is 8.36. The van der Waals surface area contributed by atoms with E-state index in [-0.39, 0.29) is 11.7 Å². The summed E-state index contributed by atoms with van der Waals surface area (Å²) in [5, 5.41) is 2.47. The summed E-state index contributed by atoms with van der Waals surface area (Å²) in [6.07, 6.45) is 2.70. The Hall–Kier alpha value is -1.38. The highest BCUT2D eigenvalue weighted by Gasteiger charge is 1.96. The molecule has 0 heterocycles. The van der Waals surface area contributed by atoms with Gasteiger partial charge in [0.25, 0.3) is 0 Å². The standard InChI is InChI=1S/C8H11NO2/c1-3-7(10)5-6-9-8(11)4-2/h3-4H,1-2,5-6H2,(H,9,11). The largest absolute Gasteiger partial charge is 0.352 e. The van der Waals surface area contributed by atoms with E-state index in [1.807, 2.05) is 0 Å². The minimum absolute atomic E-state index is 0.0747. The fraction of sp³-hybridized carbons (Fsp3) is 0.250. The van der Waals surface area contributed by atoms with Crippen LogP contribution in [0.2, 0.25) is 0 Å². The number of carbonyl (C=O) groups excluding carboxylic acids is 2. The number of allylic oxidation sites excluding steroid dienone is 1. The third-order valence-electron chi connectivity index (χ3n) is 1.08. The van der Waals surface area contributed by atoms with Crippen molar-refractivity contribution in [1.82, 2.24) is 5.32 Å². The summed E-state index contributed by atoms with van der Waals surface area (Å²) < 4.78 is 0. The summed E-state index contributed by atoms with van der Waals surface area (Å²) in [5.41, 5.74) is 0. The van der Waals surface area contributed by atoms with E-state index in [1.54, 1.807) is 0 Å². The molecule has 3 heteroatoms. The summed E-state index contributed by atoms with van der Waals surface area (Å²) in [4.78, 5) is 21.1. The Morgan fingerprint density at radius 1 is 1.27 bits per heavy atom. The quantitative estimate of drug-likeness (QED) is 0.582. The van der Waals surface area contributed by atoms with E-state index in [0.29, 0.717) is 13.0 Å². The molecule has 0 aromatic heterocycles. The second-order valence-corrected chi connectivity index (χ2v) is 1.92. The molecule has 0 atom stereocenters. The van der Waals surface area contributed by atoms with Crippen molar-refractivity contribution in [3.63, 3.8) is 0 Å². The molecule has 0 aromatic carbocycles. The van der Waals surface area contributed by atoms with Crippen LogP contribution in [0.4, 0.5) is 0 Å². The number of hydrogen-bond donors (Lipinski definition) is 1. The van der Waals surface area contributed by atoms with E-state index < -0.39 is 0 Å². The number of nitrogens with one attached hydrogen (secondary N) is 1. The van der Waals surface area contributed by atoms with Crippen LogP contribution >= 0.6 is 0 Å². The summed E-state index contributed by atoms with van der Waals surface area (Å²) in [6, 6.07) is 0. The van der Waals surface area contributed by atoms with Gasteiger partial charge in [-0.05, 0) is 12.2 Å². The van der Waals surface area contributed by atoms with Crippen LogP contribution < -0.4 is 5.32 Å². The molecule has 0 saturated carbocycles. The van der Waals surface area contributed by atoms with Crippen molar-refractivity contribution >= 4 is 11.7 Å². The van der Waals surface area contributed by atoms with Crippen molar-refractivity contribution in [3.05, 3.63) is 25.3 Å². The van der Waals surface area contributed by atoms with Crippen LogP contribution in [0, 0.1) is 0 Å². The average molecular weight is 153 g/mol. The Bertz CT molecular complexity index is 165. The molecule has 1 amide bonds. The molecule has 3 nitrogen and oxygen atoms in total. The highest BCUT2D eigenvalue weighted by Crippen LogP contribution is 1.81. The summed E-state index contributed by atoms with van der Waals surface area (Å²) in [5.74, 6) is -0.337. The first kappa shape index (κ1) is 9.62. The van der Waals surface area contributed by atoms with Crippen LogP contribution in [0.1, 0.15) is 6.42 Å². The minimum atomic E-state index is -0.262. The lowest BCUT2D eigenvalue weighted by Crippen LogP contribution is -2.23. The monoisotopic (exact) mass is 153 g/mol. The SMILES string of the molecule is C=CC(=O)CCNC(=O)C=C. The van der Waals surface area contributed by atoms with Gasteiger partial charge < -0.3 is 5.32 Å². The van der Waals surface area contributed by atoms with Crippen LogP contribution in [0.25, 0.3) is 0 Å². The lowest BCUT2D eigenvalue weighted by molar-refractivity contribution is -0.117. The fourth-order valence-electron chi connectivity index (χ4n) is 0.483. The van der Waals surface area contributed by atoms with Crippen LogP contribution in [0.15, 0.2) is 25.3 Å². The summed E-state index contributed by atoms with van der Waals surface area (Å²) in [6.45, 7) is 6.90. The van der Waals surface area contributed by atoms with E-state index >= 15 is 0 Å². The predicted molar refractivity (Wildman–Crippen MR) is 43.0 cm³/mol. The molecular weight excluding hydrogens is 142 g/mol. The molecule has 0 rings (SSSR count). The van der Waals surface area contributed by atoms with E-state index in [1.165, 1.54) is 12.2 Å². The van der Waals surface area contributed by atoms with Gasteiger partial charge in [0, 0.05) is 13.0 Å². The van der Waals surface area contributed by atoms with Crippen molar-refractivity contribution in [2.45, 2.75) is 6.42 Å². The molecule has 1 N–H and O–H groups in total. The zero-order valence-corrected chi connectivity index (χ0v) is 6.30. The number of ketones is 1. The molecule has 0 aromatic rings. The number of rotatable bonds is 5. The molecule has 0 fully saturated rings. The Kier molecular flexibility index (Phi) is 4.73. The number of amides is 1. The maximum Gasteiger partial charge on any atom is 0.243 e. The number of carbonyl (C=O) groups is 2. The first-order valence-electron chi connectivity index (χ1n) is 3.26. The van der Waals surface area contributed by atoms with Crippen molar-refractivity contribution in [2.75, 3.05) is 6.54 Å². The molecule has 0 saturated heterocycles. The van der Waals surface area contributed by atoms with E-state index in [2.05, 4.69) is 18.5 Å². The van der Waals surface area contributed by atoms with Crippen molar-refractivity contribution in [1.29, 1.82) is 0 Å². The highest BCUT2D eigenvalue weighted by atomic mass is 16.1. The maximum atomic E-state index is 10.6. The fourth-order valence-corrected chi connectivity index (χ4v) is 0.483. The molecule has 0 aliphatic carbocycles. The van der Waals surface area contributed by atoms with Crippen LogP contribution in [-0.4, -0.2) is 18.2 Å². The molecule has 0 unspecified atom stereocenters. The average Bonchev–Trinajstić information content (AvgIpc) is 2.04. The molecular formula is C8H11NO2. The van der Waals surface area contributed by atoms with Gasteiger partial charge in [-0.3, -0.25) is 9.59 Å². The van der Waals surface area contributed by atoms with Gasteiger partial charge in [0.15, 0.2) is 5.78 Å². The third-order valence-corrected chi connectivity index (χ3v) is 1.08. The molecule has 11 heavy (non-hydrogen) atoms. The topological polar surface area (TPSA) is 46.2 Å². The smallest absolute Gasteiger partial charge is 0.243 e. The maximum absolute atomic E-state index is 10.6. The van der Waals surface area contributed by atoms with Gasteiger partial charge in [-0.1, -0.05) is 13.2 Å². The van der Waals surface area contributed by atoms with Gasteiger partial charge in [0.1, 0.15) is 0 Å². The predicted octanol–water partition coefficient (Wildman–Crippen LogP) is 0.434. The lowest BCUT2D eigenvalue weighted by atomic mass is 10.3. The highest BCUT2D eigenvalue weighted by molar-refractivity contribution is 5.90. The number of hydrogen-bond acceptors (Lipinski definition) is 2. The molecule has 0 aliphatic rings. The van der Waals surface area contributed by atoms with Gasteiger partial charge in [0.05, 0.1) is 0 Å². The first-order chi connectivity index (χ1) is 5.20. The van der Waals surface area contributed by atoms with Gasteiger partial charge in [0.2, 0.25) is 5.91 Å². The Morgan fingerprint density at radius 2 is 1.91 bits per heavy atom. The van der Waals surface area contributed by atoms with Gasteiger partial charge >= 0.3 is 0 Å². The lowest BCUT2D eigenvalue weighted by Gasteiger charge is -1.97. The second kappa shape index (κ2) is 5.41. The molecule has 0 spiro atoms. The van der Waals surface area contributed by atoms with Gasteiger partial charge in [-0.2, -0.15) is 0 Å². The third kappa shape index (κ3) is 5.08. The van der Waals surface area contributed by atoms with Crippen LogP contribution in [-0.2, 0) is 9.59 Å². The van der Waals surface area contributed by atoms with Crippen LogP contribution in [0.5, 0.6) is 0 Å². The Balaban J connectivity index is 3.41. The van der Waals surface area contributed by atoms with Gasteiger partial charge in [-0.15, -0.1) is 0 Å². The van der Waals surface area contributed by atoms with E-state index in [9.17, 15) is 9.59 Å². The Labute approximate surface area is 65.8 Å². The van der Waals surface area contributed by atoms with Crippen LogP contribution in [0.3, 0.4) is 0 Å². The van der Waals surface area contributed by atoms with Gasteiger partial charge in [-0.25, -0.2) is 0 Å². The summed E-state index contributed by atoms with van der Waals surface area (Å²) in [7, 11) is 0. The van der Waals surface area contributed by atoms with Crippen molar-refractivity contribution in [3.8, 4) is 0 Å². The van der Waals surface area contributed by atoms with E-state index in [0.717, 1.165) is 0 Å². The minimum Gasteiger partial charge on any atom is -0.352 e. The van der Waals surface area contributed by atoms with E-state index in [4.69, 9.17) is 0 Å². The van der Waals surface area contributed by atoms with Crippen molar-refractivity contribution in [2.24, 2.45) is 0 Å². The van der Waals surface area contributed by atoms with Crippen molar-refractivity contribution < 1.29 is 9.59 Å². The zero-order valence-electron chi connectivity index (χ0n) is 6.30. The summed E-state index contributed by atoms with van der Waals surface area (Å²) >= 11 is 0.